The summed E-state index contributed by atoms with van der Waals surface area (Å²) in [5.74, 6) is 0. The molecule has 0 atom stereocenters. The van der Waals surface area contributed by atoms with Crippen molar-refractivity contribution in [2.24, 2.45) is 0 Å². The smallest absolute Gasteiger partial charge is 0.175 e. The second-order valence-electron chi connectivity index (χ2n) is 3.08. The van der Waals surface area contributed by atoms with Crippen molar-refractivity contribution in [3.63, 3.8) is 0 Å². The van der Waals surface area contributed by atoms with E-state index in [9.17, 15) is 0 Å². The minimum atomic E-state index is 0.851. The Morgan fingerprint density at radius 2 is 2.07 bits per heavy atom. The molecule has 0 aliphatic heterocycles. The summed E-state index contributed by atoms with van der Waals surface area (Å²) in [5.41, 5.74) is 1.97. The van der Waals surface area contributed by atoms with Crippen LogP contribution in [0, 0.1) is 0 Å². The summed E-state index contributed by atoms with van der Waals surface area (Å²) in [4.78, 5) is 0. The maximum atomic E-state index is 4.03. The van der Waals surface area contributed by atoms with Gasteiger partial charge in [0.25, 0.3) is 0 Å². The van der Waals surface area contributed by atoms with Crippen LogP contribution in [-0.4, -0.2) is 14.6 Å². The monoisotopic (exact) mass is 247 g/mol. The first-order valence-corrected chi connectivity index (χ1v) is 5.02. The van der Waals surface area contributed by atoms with Crippen molar-refractivity contribution in [3.05, 3.63) is 41.1 Å². The number of pyridine rings is 1. The van der Waals surface area contributed by atoms with Crippen LogP contribution in [0.3, 0.4) is 0 Å². The van der Waals surface area contributed by atoms with Gasteiger partial charge in [-0.25, -0.2) is 0 Å². The van der Waals surface area contributed by atoms with Crippen LogP contribution < -0.4 is 0 Å². The molecule has 0 amide bonds. The fourth-order valence-corrected chi connectivity index (χ4v) is 2.12. The molecule has 68 valence electrons. The molecule has 2 heterocycles. The number of nitrogens with zero attached hydrogens (tertiary/aromatic N) is 3. The van der Waals surface area contributed by atoms with Gasteiger partial charge in [0.15, 0.2) is 5.65 Å². The van der Waals surface area contributed by atoms with E-state index in [1.807, 2.05) is 16.5 Å². The third-order valence-electron chi connectivity index (χ3n) is 2.24. The maximum absolute atomic E-state index is 4.03. The van der Waals surface area contributed by atoms with Gasteiger partial charge < -0.3 is 0 Å². The predicted molar refractivity (Wildman–Crippen MR) is 58.2 cm³/mol. The Balaban J connectivity index is 2.66. The van der Waals surface area contributed by atoms with Gasteiger partial charge in [-0.15, -0.1) is 10.2 Å². The molecule has 1 aromatic carbocycles. The lowest BCUT2D eigenvalue weighted by Crippen LogP contribution is -1.87. The average Bonchev–Trinajstić information content (AvgIpc) is 2.67. The van der Waals surface area contributed by atoms with Crippen LogP contribution >= 0.6 is 15.9 Å². The topological polar surface area (TPSA) is 30.2 Å². The van der Waals surface area contributed by atoms with Crippen molar-refractivity contribution in [1.82, 2.24) is 14.6 Å². The summed E-state index contributed by atoms with van der Waals surface area (Å²) < 4.78 is 2.94. The van der Waals surface area contributed by atoms with E-state index >= 15 is 0 Å². The van der Waals surface area contributed by atoms with Crippen LogP contribution in [0.4, 0.5) is 0 Å². The molecule has 0 unspecified atom stereocenters. The van der Waals surface area contributed by atoms with E-state index in [2.05, 4.69) is 44.3 Å². The number of halogens is 1. The fourth-order valence-electron chi connectivity index (χ4n) is 1.60. The van der Waals surface area contributed by atoms with Gasteiger partial charge in [0.2, 0.25) is 0 Å². The van der Waals surface area contributed by atoms with E-state index in [1.165, 1.54) is 5.39 Å². The number of fused-ring (bicyclic) bond motifs is 3. The molecular formula is C10H6BrN3. The summed E-state index contributed by atoms with van der Waals surface area (Å²) in [5, 5.41) is 9.10. The highest BCUT2D eigenvalue weighted by Crippen LogP contribution is 2.23. The highest BCUT2D eigenvalue weighted by atomic mass is 79.9. The van der Waals surface area contributed by atoms with Gasteiger partial charge in [0, 0.05) is 0 Å². The normalized spacial score (nSPS) is 11.2. The average molecular weight is 248 g/mol. The van der Waals surface area contributed by atoms with Crippen molar-refractivity contribution in [2.75, 3.05) is 0 Å². The third kappa shape index (κ3) is 0.974. The predicted octanol–water partition coefficient (Wildman–Crippen LogP) is 2.65. The summed E-state index contributed by atoms with van der Waals surface area (Å²) >= 11 is 3.47. The number of benzene rings is 1. The molecule has 0 aliphatic rings. The van der Waals surface area contributed by atoms with Crippen molar-refractivity contribution >= 4 is 32.5 Å². The highest BCUT2D eigenvalue weighted by molar-refractivity contribution is 9.10. The van der Waals surface area contributed by atoms with Crippen LogP contribution in [0.5, 0.6) is 0 Å². The molecule has 3 nitrogen and oxygen atoms in total. The second kappa shape index (κ2) is 2.78. The number of hydrogen-bond acceptors (Lipinski definition) is 2. The Bertz CT molecular complexity index is 615. The number of para-hydroxylation sites is 1. The minimum absolute atomic E-state index is 0.851. The molecule has 0 spiro atoms. The van der Waals surface area contributed by atoms with Crippen molar-refractivity contribution in [1.29, 1.82) is 0 Å². The molecule has 4 heteroatoms. The van der Waals surface area contributed by atoms with Gasteiger partial charge in [-0.1, -0.05) is 18.2 Å². The zero-order valence-corrected chi connectivity index (χ0v) is 8.77. The molecule has 0 N–H and O–H groups in total. The van der Waals surface area contributed by atoms with Gasteiger partial charge in [0.05, 0.1) is 9.99 Å². The molecule has 0 radical (unpaired) electrons. The number of aromatic nitrogens is 3. The van der Waals surface area contributed by atoms with Crippen LogP contribution in [0.1, 0.15) is 0 Å². The molecule has 3 rings (SSSR count). The molecule has 0 fully saturated rings. The molecule has 0 saturated carbocycles. The highest BCUT2D eigenvalue weighted by Gasteiger charge is 2.04. The minimum Gasteiger partial charge on any atom is -0.281 e. The number of rotatable bonds is 0. The molecule has 0 saturated heterocycles. The molecule has 3 aromatic rings. The molecule has 0 aliphatic carbocycles. The molecule has 14 heavy (non-hydrogen) atoms. The zero-order chi connectivity index (χ0) is 9.54. The summed E-state index contributed by atoms with van der Waals surface area (Å²) in [6.45, 7) is 0. The van der Waals surface area contributed by atoms with Gasteiger partial charge in [-0.3, -0.25) is 4.40 Å². The van der Waals surface area contributed by atoms with Crippen LogP contribution in [0.25, 0.3) is 16.6 Å². The lowest BCUT2D eigenvalue weighted by atomic mass is 10.2. The van der Waals surface area contributed by atoms with Gasteiger partial charge in [-0.05, 0) is 33.4 Å². The lowest BCUT2D eigenvalue weighted by molar-refractivity contribution is 1.11. The first kappa shape index (κ1) is 7.94. The van der Waals surface area contributed by atoms with Crippen LogP contribution in [-0.2, 0) is 0 Å². The summed E-state index contributed by atoms with van der Waals surface area (Å²) in [7, 11) is 0. The van der Waals surface area contributed by atoms with Crippen molar-refractivity contribution in [2.45, 2.75) is 0 Å². The maximum Gasteiger partial charge on any atom is 0.175 e. The SMILES string of the molecule is Brc1cc2ccccc2n2cnnc12. The second-order valence-corrected chi connectivity index (χ2v) is 3.93. The van der Waals surface area contributed by atoms with E-state index in [0.29, 0.717) is 0 Å². The van der Waals surface area contributed by atoms with Crippen molar-refractivity contribution in [3.8, 4) is 0 Å². The van der Waals surface area contributed by atoms with E-state index in [-0.39, 0.29) is 0 Å². The summed E-state index contributed by atoms with van der Waals surface area (Å²) in [6.07, 6.45) is 1.72. The lowest BCUT2D eigenvalue weighted by Gasteiger charge is -2.01. The Hall–Kier alpha value is -1.42. The van der Waals surface area contributed by atoms with E-state index < -0.39 is 0 Å². The first-order chi connectivity index (χ1) is 6.86. The van der Waals surface area contributed by atoms with E-state index in [1.54, 1.807) is 6.33 Å². The zero-order valence-electron chi connectivity index (χ0n) is 7.18. The van der Waals surface area contributed by atoms with Crippen LogP contribution in [0.15, 0.2) is 41.1 Å². The van der Waals surface area contributed by atoms with Gasteiger partial charge in [-0.2, -0.15) is 0 Å². The van der Waals surface area contributed by atoms with E-state index in [0.717, 1.165) is 15.6 Å². The Morgan fingerprint density at radius 3 is 3.00 bits per heavy atom. The Morgan fingerprint density at radius 1 is 1.21 bits per heavy atom. The quantitative estimate of drug-likeness (QED) is 0.612. The Labute approximate surface area is 88.5 Å². The van der Waals surface area contributed by atoms with Gasteiger partial charge >= 0.3 is 0 Å². The first-order valence-electron chi connectivity index (χ1n) is 4.23. The standard InChI is InChI=1S/C10H6BrN3/c11-8-5-7-3-1-2-4-9(7)14-6-12-13-10(8)14/h1-6H. The number of hydrogen-bond donors (Lipinski definition) is 0. The van der Waals surface area contributed by atoms with E-state index in [4.69, 9.17) is 0 Å². The molecule has 2 aromatic heterocycles. The molecular weight excluding hydrogens is 242 g/mol. The van der Waals surface area contributed by atoms with Crippen LogP contribution in [0.2, 0.25) is 0 Å². The Kier molecular flexibility index (Phi) is 1.58. The third-order valence-corrected chi connectivity index (χ3v) is 2.82. The fraction of sp³-hybridized carbons (Fsp3) is 0. The van der Waals surface area contributed by atoms with Crippen molar-refractivity contribution < 1.29 is 0 Å². The largest absolute Gasteiger partial charge is 0.281 e. The molecule has 0 bridgehead atoms. The van der Waals surface area contributed by atoms with Gasteiger partial charge in [0.1, 0.15) is 6.33 Å². The summed E-state index contributed by atoms with van der Waals surface area (Å²) in [6, 6.07) is 10.2.